The third kappa shape index (κ3) is 1.93. The van der Waals surface area contributed by atoms with Gasteiger partial charge in [0.05, 0.1) is 0 Å². The molecule has 0 saturated heterocycles. The molecule has 0 bridgehead atoms. The minimum atomic E-state index is -3.93. The fourth-order valence-electron chi connectivity index (χ4n) is 1.78. The van der Waals surface area contributed by atoms with E-state index in [1.54, 1.807) is 19.1 Å². The molecule has 5 heteroatoms. The fourth-order valence-corrected chi connectivity index (χ4v) is 3.44. The van der Waals surface area contributed by atoms with Gasteiger partial charge in [0.1, 0.15) is 21.3 Å². The van der Waals surface area contributed by atoms with Crippen LogP contribution in [0.1, 0.15) is 5.56 Å². The molecule has 0 aliphatic heterocycles. The largest absolute Gasteiger partial charge is 0.507 e. The first-order chi connectivity index (χ1) is 8.44. The first-order valence-corrected chi connectivity index (χ1v) is 6.74. The second-order valence-corrected chi connectivity index (χ2v) is 5.75. The summed E-state index contributed by atoms with van der Waals surface area (Å²) in [4.78, 5) is -0.388. The molecule has 4 nitrogen and oxygen atoms in total. The van der Waals surface area contributed by atoms with Crippen LogP contribution in [0.4, 0.5) is 0 Å². The molecule has 18 heavy (non-hydrogen) atoms. The zero-order chi connectivity index (χ0) is 13.3. The number of aromatic hydroxyl groups is 2. The first kappa shape index (κ1) is 12.4. The molecule has 0 aliphatic rings. The number of benzene rings is 2. The van der Waals surface area contributed by atoms with E-state index in [0.717, 1.165) is 0 Å². The highest BCUT2D eigenvalue weighted by molar-refractivity contribution is 7.91. The lowest BCUT2D eigenvalue weighted by atomic mass is 10.2. The molecule has 2 aromatic carbocycles. The summed E-state index contributed by atoms with van der Waals surface area (Å²) in [5, 5.41) is 19.3. The van der Waals surface area contributed by atoms with Gasteiger partial charge in [-0.25, -0.2) is 8.42 Å². The summed E-state index contributed by atoms with van der Waals surface area (Å²) in [6, 6.07) is 10.1. The molecule has 0 heterocycles. The van der Waals surface area contributed by atoms with Crippen LogP contribution in [0.25, 0.3) is 0 Å². The number of hydrogen-bond donors (Lipinski definition) is 2. The summed E-state index contributed by atoms with van der Waals surface area (Å²) < 4.78 is 24.8. The van der Waals surface area contributed by atoms with Gasteiger partial charge in [-0.2, -0.15) is 0 Å². The van der Waals surface area contributed by atoms with Gasteiger partial charge in [-0.05, 0) is 30.7 Å². The van der Waals surface area contributed by atoms with Crippen LogP contribution in [0.3, 0.4) is 0 Å². The van der Waals surface area contributed by atoms with E-state index in [2.05, 4.69) is 0 Å². The lowest BCUT2D eigenvalue weighted by Gasteiger charge is -2.10. The first-order valence-electron chi connectivity index (χ1n) is 5.26. The van der Waals surface area contributed by atoms with Gasteiger partial charge >= 0.3 is 0 Å². The monoisotopic (exact) mass is 264 g/mol. The maximum atomic E-state index is 12.4. The molecular weight excluding hydrogens is 252 g/mol. The van der Waals surface area contributed by atoms with E-state index >= 15 is 0 Å². The minimum absolute atomic E-state index is 0.175. The summed E-state index contributed by atoms with van der Waals surface area (Å²) in [7, 11) is -3.93. The molecule has 0 fully saturated rings. The Morgan fingerprint density at radius 3 is 2.11 bits per heavy atom. The smallest absolute Gasteiger partial charge is 0.214 e. The average Bonchev–Trinajstić information content (AvgIpc) is 2.28. The van der Waals surface area contributed by atoms with Crippen molar-refractivity contribution in [2.75, 3.05) is 0 Å². The molecule has 2 rings (SSSR count). The number of sulfone groups is 1. The Bertz CT molecular complexity index is 670. The summed E-state index contributed by atoms with van der Waals surface area (Å²) >= 11 is 0. The van der Waals surface area contributed by atoms with Gasteiger partial charge in [-0.3, -0.25) is 0 Å². The van der Waals surface area contributed by atoms with Gasteiger partial charge in [0.15, 0.2) is 0 Å². The Balaban J connectivity index is 2.75. The van der Waals surface area contributed by atoms with Crippen LogP contribution in [0, 0.1) is 6.92 Å². The summed E-state index contributed by atoms with van der Waals surface area (Å²) in [6.45, 7) is 1.59. The number of aryl methyl sites for hydroxylation is 1. The summed E-state index contributed by atoms with van der Waals surface area (Å²) in [5.74, 6) is -0.654. The lowest BCUT2D eigenvalue weighted by Crippen LogP contribution is -2.04. The van der Waals surface area contributed by atoms with Crippen molar-refractivity contribution in [3.05, 3.63) is 48.0 Å². The summed E-state index contributed by atoms with van der Waals surface area (Å²) in [5.41, 5.74) is 0.429. The van der Waals surface area contributed by atoms with E-state index in [0.29, 0.717) is 5.56 Å². The van der Waals surface area contributed by atoms with Gasteiger partial charge < -0.3 is 10.2 Å². The van der Waals surface area contributed by atoms with Crippen LogP contribution in [0.15, 0.2) is 52.3 Å². The van der Waals surface area contributed by atoms with E-state index < -0.39 is 9.84 Å². The Labute approximate surface area is 105 Å². The minimum Gasteiger partial charge on any atom is -0.507 e. The third-order valence-corrected chi connectivity index (χ3v) is 4.61. The number of phenolic OH excluding ortho intramolecular Hbond substituents is 2. The van der Waals surface area contributed by atoms with Crippen molar-refractivity contribution in [1.29, 1.82) is 0 Å². The molecule has 0 atom stereocenters. The van der Waals surface area contributed by atoms with Crippen molar-refractivity contribution in [2.45, 2.75) is 16.7 Å². The Hall–Kier alpha value is -2.01. The number of phenols is 2. The topological polar surface area (TPSA) is 74.6 Å². The molecule has 2 aromatic rings. The highest BCUT2D eigenvalue weighted by Gasteiger charge is 2.25. The van der Waals surface area contributed by atoms with Crippen molar-refractivity contribution < 1.29 is 18.6 Å². The Kier molecular flexibility index (Phi) is 3.00. The van der Waals surface area contributed by atoms with E-state index in [4.69, 9.17) is 0 Å². The molecule has 0 radical (unpaired) electrons. The van der Waals surface area contributed by atoms with Crippen molar-refractivity contribution in [1.82, 2.24) is 0 Å². The quantitative estimate of drug-likeness (QED) is 0.872. The van der Waals surface area contributed by atoms with Crippen molar-refractivity contribution in [3.8, 4) is 11.5 Å². The van der Waals surface area contributed by atoms with Gasteiger partial charge in [0.2, 0.25) is 9.84 Å². The molecule has 0 unspecified atom stereocenters. The zero-order valence-electron chi connectivity index (χ0n) is 9.66. The van der Waals surface area contributed by atoms with Crippen LogP contribution < -0.4 is 0 Å². The highest BCUT2D eigenvalue weighted by Crippen LogP contribution is 2.34. The van der Waals surface area contributed by atoms with E-state index in [1.165, 1.54) is 30.3 Å². The van der Waals surface area contributed by atoms with Crippen LogP contribution in [-0.4, -0.2) is 18.6 Å². The van der Waals surface area contributed by atoms with Crippen LogP contribution in [-0.2, 0) is 9.84 Å². The molecular formula is C13H12O4S. The molecule has 0 amide bonds. The number of hydrogen-bond acceptors (Lipinski definition) is 4. The third-order valence-electron chi connectivity index (χ3n) is 2.61. The number of para-hydroxylation sites is 1. The molecule has 0 aliphatic carbocycles. The van der Waals surface area contributed by atoms with Crippen LogP contribution >= 0.6 is 0 Å². The Morgan fingerprint density at radius 1 is 0.889 bits per heavy atom. The number of rotatable bonds is 2. The van der Waals surface area contributed by atoms with Gasteiger partial charge in [-0.1, -0.05) is 24.3 Å². The molecule has 2 N–H and O–H groups in total. The zero-order valence-corrected chi connectivity index (χ0v) is 10.5. The average molecular weight is 264 g/mol. The standard InChI is InChI=1S/C13H12O4S/c1-9-5-4-7-11(15)13(9)18(16,17)12-8-3-2-6-10(12)14/h2-8,14-15H,1H3. The summed E-state index contributed by atoms with van der Waals surface area (Å²) in [6.07, 6.45) is 0. The van der Waals surface area contributed by atoms with Gasteiger partial charge in [0.25, 0.3) is 0 Å². The molecule has 0 spiro atoms. The predicted octanol–water partition coefficient (Wildman–Crippen LogP) is 2.24. The van der Waals surface area contributed by atoms with E-state index in [9.17, 15) is 18.6 Å². The van der Waals surface area contributed by atoms with Gasteiger partial charge in [0, 0.05) is 0 Å². The predicted molar refractivity (Wildman–Crippen MR) is 66.4 cm³/mol. The highest BCUT2D eigenvalue weighted by atomic mass is 32.2. The van der Waals surface area contributed by atoms with Crippen LogP contribution in [0.5, 0.6) is 11.5 Å². The van der Waals surface area contributed by atoms with E-state index in [-0.39, 0.29) is 21.3 Å². The second-order valence-electron chi connectivity index (χ2n) is 3.89. The molecule has 0 aromatic heterocycles. The molecule has 94 valence electrons. The van der Waals surface area contributed by atoms with Crippen molar-refractivity contribution in [3.63, 3.8) is 0 Å². The van der Waals surface area contributed by atoms with E-state index in [1.807, 2.05) is 0 Å². The SMILES string of the molecule is Cc1cccc(O)c1S(=O)(=O)c1ccccc1O. The van der Waals surface area contributed by atoms with Gasteiger partial charge in [-0.15, -0.1) is 0 Å². The maximum absolute atomic E-state index is 12.4. The van der Waals surface area contributed by atoms with Crippen molar-refractivity contribution >= 4 is 9.84 Å². The molecule has 0 saturated carbocycles. The van der Waals surface area contributed by atoms with Crippen LogP contribution in [0.2, 0.25) is 0 Å². The second kappa shape index (κ2) is 4.34. The lowest BCUT2D eigenvalue weighted by molar-refractivity contribution is 0.452. The normalized spacial score (nSPS) is 11.4. The van der Waals surface area contributed by atoms with Crippen molar-refractivity contribution in [2.24, 2.45) is 0 Å². The maximum Gasteiger partial charge on any atom is 0.214 e. The Morgan fingerprint density at radius 2 is 1.50 bits per heavy atom. The fraction of sp³-hybridized carbons (Fsp3) is 0.0769.